The second kappa shape index (κ2) is 8.82. The van der Waals surface area contributed by atoms with Crippen molar-refractivity contribution in [2.45, 2.75) is 26.0 Å². The van der Waals surface area contributed by atoms with E-state index in [2.05, 4.69) is 28.9 Å². The second-order valence-corrected chi connectivity index (χ2v) is 6.20. The summed E-state index contributed by atoms with van der Waals surface area (Å²) in [4.78, 5) is 13.0. The SMILES string of the molecule is CCO[C@@H](Cc1ccc(-c2csc(CNC)c2)cc1)C(=O)OC. The summed E-state index contributed by atoms with van der Waals surface area (Å²) < 4.78 is 10.3. The Balaban J connectivity index is 2.07. The monoisotopic (exact) mass is 333 g/mol. The van der Waals surface area contributed by atoms with Crippen LogP contribution >= 0.6 is 11.3 Å². The molecule has 1 aromatic carbocycles. The lowest BCUT2D eigenvalue weighted by Crippen LogP contribution is -2.28. The molecular formula is C18H23NO3S. The van der Waals surface area contributed by atoms with Gasteiger partial charge in [-0.3, -0.25) is 0 Å². The number of methoxy groups -OCH3 is 1. The molecule has 0 fully saturated rings. The molecule has 0 aliphatic carbocycles. The van der Waals surface area contributed by atoms with Crippen molar-refractivity contribution in [1.29, 1.82) is 0 Å². The predicted octanol–water partition coefficient (Wildman–Crippen LogP) is 3.26. The van der Waals surface area contributed by atoms with Crippen molar-refractivity contribution in [2.24, 2.45) is 0 Å². The number of nitrogens with one attached hydrogen (secondary N) is 1. The lowest BCUT2D eigenvalue weighted by molar-refractivity contribution is -0.153. The van der Waals surface area contributed by atoms with Crippen LogP contribution in [0.4, 0.5) is 0 Å². The quantitative estimate of drug-likeness (QED) is 0.753. The van der Waals surface area contributed by atoms with Crippen LogP contribution in [0, 0.1) is 0 Å². The number of thiophene rings is 1. The smallest absolute Gasteiger partial charge is 0.335 e. The van der Waals surface area contributed by atoms with E-state index in [4.69, 9.17) is 9.47 Å². The van der Waals surface area contributed by atoms with Crippen LogP contribution in [-0.4, -0.2) is 32.8 Å². The normalized spacial score (nSPS) is 12.1. The molecular weight excluding hydrogens is 310 g/mol. The van der Waals surface area contributed by atoms with Gasteiger partial charge in [0.05, 0.1) is 7.11 Å². The van der Waals surface area contributed by atoms with Crippen molar-refractivity contribution < 1.29 is 14.3 Å². The Hall–Kier alpha value is -1.69. The average molecular weight is 333 g/mol. The molecule has 124 valence electrons. The number of hydrogen-bond acceptors (Lipinski definition) is 5. The van der Waals surface area contributed by atoms with E-state index in [0.29, 0.717) is 13.0 Å². The van der Waals surface area contributed by atoms with E-state index in [9.17, 15) is 4.79 Å². The molecule has 23 heavy (non-hydrogen) atoms. The van der Waals surface area contributed by atoms with Crippen molar-refractivity contribution in [2.75, 3.05) is 20.8 Å². The molecule has 1 heterocycles. The zero-order valence-corrected chi connectivity index (χ0v) is 14.6. The Kier molecular flexibility index (Phi) is 6.77. The van der Waals surface area contributed by atoms with E-state index in [0.717, 1.165) is 12.1 Å². The molecule has 0 saturated heterocycles. The summed E-state index contributed by atoms with van der Waals surface area (Å²) in [5.41, 5.74) is 3.46. The summed E-state index contributed by atoms with van der Waals surface area (Å²) in [7, 11) is 3.33. The Morgan fingerprint density at radius 3 is 2.61 bits per heavy atom. The van der Waals surface area contributed by atoms with Crippen molar-refractivity contribution in [1.82, 2.24) is 5.32 Å². The fourth-order valence-electron chi connectivity index (χ4n) is 2.39. The molecule has 2 aromatic rings. The third-order valence-electron chi connectivity index (χ3n) is 3.55. The second-order valence-electron chi connectivity index (χ2n) is 5.20. The molecule has 0 saturated carbocycles. The minimum atomic E-state index is -0.542. The van der Waals surface area contributed by atoms with E-state index in [-0.39, 0.29) is 5.97 Å². The first kappa shape index (κ1) is 17.7. The van der Waals surface area contributed by atoms with Crippen LogP contribution in [0.1, 0.15) is 17.4 Å². The minimum Gasteiger partial charge on any atom is -0.467 e. The average Bonchev–Trinajstić information content (AvgIpc) is 3.03. The van der Waals surface area contributed by atoms with Gasteiger partial charge >= 0.3 is 5.97 Å². The fourth-order valence-corrected chi connectivity index (χ4v) is 3.29. The number of rotatable bonds is 8. The highest BCUT2D eigenvalue weighted by molar-refractivity contribution is 7.10. The Bertz CT molecular complexity index is 621. The van der Waals surface area contributed by atoms with Gasteiger partial charge in [0, 0.05) is 24.4 Å². The molecule has 0 unspecified atom stereocenters. The lowest BCUT2D eigenvalue weighted by Gasteiger charge is -2.14. The van der Waals surface area contributed by atoms with Crippen molar-refractivity contribution >= 4 is 17.3 Å². The van der Waals surface area contributed by atoms with Gasteiger partial charge in [0.1, 0.15) is 0 Å². The van der Waals surface area contributed by atoms with Crippen LogP contribution < -0.4 is 5.32 Å². The van der Waals surface area contributed by atoms with E-state index in [1.54, 1.807) is 11.3 Å². The van der Waals surface area contributed by atoms with E-state index >= 15 is 0 Å². The number of benzene rings is 1. The van der Waals surface area contributed by atoms with Gasteiger partial charge in [-0.1, -0.05) is 24.3 Å². The molecule has 0 radical (unpaired) electrons. The van der Waals surface area contributed by atoms with Crippen molar-refractivity contribution in [3.8, 4) is 11.1 Å². The van der Waals surface area contributed by atoms with Gasteiger partial charge in [-0.15, -0.1) is 11.3 Å². The molecule has 0 amide bonds. The third-order valence-corrected chi connectivity index (χ3v) is 4.48. The highest BCUT2D eigenvalue weighted by Gasteiger charge is 2.19. The van der Waals surface area contributed by atoms with Gasteiger partial charge in [0.25, 0.3) is 0 Å². The van der Waals surface area contributed by atoms with Gasteiger partial charge in [-0.25, -0.2) is 4.79 Å². The zero-order chi connectivity index (χ0) is 16.7. The van der Waals surface area contributed by atoms with Gasteiger partial charge in [0.2, 0.25) is 0 Å². The first-order chi connectivity index (χ1) is 11.2. The number of carbonyl (C=O) groups excluding carboxylic acids is 1. The Morgan fingerprint density at radius 2 is 2.00 bits per heavy atom. The number of esters is 1. The molecule has 0 aliphatic heterocycles. The summed E-state index contributed by atoms with van der Waals surface area (Å²) in [6.45, 7) is 3.25. The Labute approximate surface area is 141 Å². The predicted molar refractivity (Wildman–Crippen MR) is 93.7 cm³/mol. The lowest BCUT2D eigenvalue weighted by atomic mass is 10.0. The largest absolute Gasteiger partial charge is 0.467 e. The standard InChI is InChI=1S/C18H23NO3S/c1-4-22-17(18(20)21-3)9-13-5-7-14(8-6-13)15-10-16(11-19-2)23-12-15/h5-8,10,12,17,19H,4,9,11H2,1-3H3/t17-/m0/s1. The molecule has 0 spiro atoms. The van der Waals surface area contributed by atoms with E-state index < -0.39 is 6.10 Å². The molecule has 0 aliphatic rings. The van der Waals surface area contributed by atoms with Gasteiger partial charge < -0.3 is 14.8 Å². The number of ether oxygens (including phenoxy) is 2. The number of hydrogen-bond donors (Lipinski definition) is 1. The maximum atomic E-state index is 11.7. The zero-order valence-electron chi connectivity index (χ0n) is 13.8. The first-order valence-corrected chi connectivity index (χ1v) is 8.56. The summed E-state index contributed by atoms with van der Waals surface area (Å²) in [6.07, 6.45) is -0.0191. The maximum absolute atomic E-state index is 11.7. The van der Waals surface area contributed by atoms with E-state index in [1.165, 1.54) is 23.1 Å². The maximum Gasteiger partial charge on any atom is 0.335 e. The fraction of sp³-hybridized carbons (Fsp3) is 0.389. The van der Waals surface area contributed by atoms with Crippen LogP contribution in [0.15, 0.2) is 35.7 Å². The highest BCUT2D eigenvalue weighted by Crippen LogP contribution is 2.26. The van der Waals surface area contributed by atoms with Gasteiger partial charge in [0.15, 0.2) is 6.10 Å². The van der Waals surface area contributed by atoms with Gasteiger partial charge in [-0.2, -0.15) is 0 Å². The van der Waals surface area contributed by atoms with Crippen LogP contribution in [0.2, 0.25) is 0 Å². The molecule has 0 bridgehead atoms. The molecule has 5 heteroatoms. The molecule has 1 N–H and O–H groups in total. The van der Waals surface area contributed by atoms with Crippen LogP contribution in [-0.2, 0) is 27.2 Å². The molecule has 2 rings (SSSR count). The van der Waals surface area contributed by atoms with Crippen molar-refractivity contribution in [3.63, 3.8) is 0 Å². The van der Waals surface area contributed by atoms with Crippen LogP contribution in [0.25, 0.3) is 11.1 Å². The highest BCUT2D eigenvalue weighted by atomic mass is 32.1. The van der Waals surface area contributed by atoms with Crippen LogP contribution in [0.3, 0.4) is 0 Å². The van der Waals surface area contributed by atoms with Gasteiger partial charge in [-0.05, 0) is 42.1 Å². The summed E-state index contributed by atoms with van der Waals surface area (Å²) in [6, 6.07) is 10.5. The summed E-state index contributed by atoms with van der Waals surface area (Å²) >= 11 is 1.75. The van der Waals surface area contributed by atoms with E-state index in [1.807, 2.05) is 26.1 Å². The van der Waals surface area contributed by atoms with Crippen LogP contribution in [0.5, 0.6) is 0 Å². The third kappa shape index (κ3) is 4.89. The molecule has 1 atom stereocenters. The minimum absolute atomic E-state index is 0.328. The first-order valence-electron chi connectivity index (χ1n) is 7.68. The Morgan fingerprint density at radius 1 is 1.26 bits per heavy atom. The molecule has 1 aromatic heterocycles. The molecule has 4 nitrogen and oxygen atoms in total. The number of carbonyl (C=O) groups is 1. The van der Waals surface area contributed by atoms with Crippen molar-refractivity contribution in [3.05, 3.63) is 46.2 Å². The summed E-state index contributed by atoms with van der Waals surface area (Å²) in [5, 5.41) is 5.33. The summed E-state index contributed by atoms with van der Waals surface area (Å²) in [5.74, 6) is -0.328. The topological polar surface area (TPSA) is 47.6 Å².